The maximum Gasteiger partial charge on any atom is 0.329 e. The molecule has 0 spiro atoms. The topological polar surface area (TPSA) is 77.2 Å². The second-order valence-electron chi connectivity index (χ2n) is 7.46. The maximum absolute atomic E-state index is 13.8. The Morgan fingerprint density at radius 1 is 1.12 bits per heavy atom. The molecule has 0 aliphatic heterocycles. The van der Waals surface area contributed by atoms with Crippen LogP contribution in [-0.2, 0) is 22.4 Å². The summed E-state index contributed by atoms with van der Waals surface area (Å²) in [5, 5.41) is 3.18. The average molecular weight is 445 g/mol. The number of esters is 1. The number of halogens is 1. The van der Waals surface area contributed by atoms with Gasteiger partial charge in [0.1, 0.15) is 23.4 Å². The molecule has 7 heteroatoms. The first-order valence-electron chi connectivity index (χ1n) is 10.7. The predicted molar refractivity (Wildman–Crippen MR) is 123 cm³/mol. The summed E-state index contributed by atoms with van der Waals surface area (Å²) in [4.78, 5) is 22.0. The maximum atomic E-state index is 13.8. The fourth-order valence-electron chi connectivity index (χ4n) is 3.49. The first kappa shape index (κ1) is 22.2. The Labute approximate surface area is 191 Å². The summed E-state index contributed by atoms with van der Waals surface area (Å²) >= 11 is 0. The van der Waals surface area contributed by atoms with E-state index in [0.29, 0.717) is 29.4 Å². The van der Waals surface area contributed by atoms with Crippen molar-refractivity contribution in [2.24, 2.45) is 0 Å². The van der Waals surface area contributed by atoms with Crippen LogP contribution in [0.4, 0.5) is 10.2 Å². The standard InChI is InChI=1S/C26H24FN3O3/c1-2-32-26(31)23(16-21-12-7-13-33-21)30-25-22(15-18-8-6-11-20(27)14-18)29-24(17-28-25)19-9-4-3-5-10-19/h3-14,17,23H,2,15-16H2,1H3,(H,28,30). The Hall–Kier alpha value is -4.00. The van der Waals surface area contributed by atoms with Crippen molar-refractivity contribution >= 4 is 11.8 Å². The van der Waals surface area contributed by atoms with Gasteiger partial charge in [0.25, 0.3) is 0 Å². The molecule has 0 fully saturated rings. The third kappa shape index (κ3) is 5.83. The number of nitrogens with zero attached hydrogens (tertiary/aromatic N) is 2. The van der Waals surface area contributed by atoms with E-state index in [0.717, 1.165) is 11.1 Å². The van der Waals surface area contributed by atoms with Gasteiger partial charge in [-0.2, -0.15) is 0 Å². The second-order valence-corrected chi connectivity index (χ2v) is 7.46. The van der Waals surface area contributed by atoms with E-state index in [9.17, 15) is 9.18 Å². The van der Waals surface area contributed by atoms with E-state index in [4.69, 9.17) is 14.1 Å². The summed E-state index contributed by atoms with van der Waals surface area (Å²) in [6.45, 7) is 2.01. The summed E-state index contributed by atoms with van der Waals surface area (Å²) in [7, 11) is 0. The molecule has 168 valence electrons. The molecule has 33 heavy (non-hydrogen) atoms. The molecule has 4 aromatic rings. The lowest BCUT2D eigenvalue weighted by Crippen LogP contribution is -2.34. The highest BCUT2D eigenvalue weighted by molar-refractivity contribution is 5.79. The van der Waals surface area contributed by atoms with Gasteiger partial charge in [-0.15, -0.1) is 0 Å². The summed E-state index contributed by atoms with van der Waals surface area (Å²) < 4.78 is 24.5. The number of carbonyl (C=O) groups excluding carboxylic acids is 1. The molecule has 0 saturated heterocycles. The molecular weight excluding hydrogens is 421 g/mol. The minimum atomic E-state index is -0.723. The Balaban J connectivity index is 1.69. The van der Waals surface area contributed by atoms with E-state index in [1.165, 1.54) is 12.1 Å². The number of benzene rings is 2. The Morgan fingerprint density at radius 2 is 1.97 bits per heavy atom. The number of aromatic nitrogens is 2. The van der Waals surface area contributed by atoms with E-state index >= 15 is 0 Å². The molecule has 2 heterocycles. The Kier molecular flexibility index (Phi) is 7.09. The SMILES string of the molecule is CCOC(=O)C(Cc1ccco1)Nc1ncc(-c2ccccc2)nc1Cc1cccc(F)c1. The molecule has 1 N–H and O–H groups in total. The van der Waals surface area contributed by atoms with Gasteiger partial charge < -0.3 is 14.5 Å². The van der Waals surface area contributed by atoms with Gasteiger partial charge in [0, 0.05) is 18.4 Å². The predicted octanol–water partition coefficient (Wildman–Crippen LogP) is 5.05. The number of anilines is 1. The van der Waals surface area contributed by atoms with Gasteiger partial charge in [0.2, 0.25) is 0 Å². The van der Waals surface area contributed by atoms with Crippen molar-refractivity contribution in [2.75, 3.05) is 11.9 Å². The third-order valence-electron chi connectivity index (χ3n) is 5.04. The van der Waals surface area contributed by atoms with Gasteiger partial charge in [0.05, 0.1) is 30.5 Å². The summed E-state index contributed by atoms with van der Waals surface area (Å²) in [5.41, 5.74) is 2.94. The molecule has 0 saturated carbocycles. The molecule has 0 aliphatic carbocycles. The fraction of sp³-hybridized carbons (Fsp3) is 0.192. The number of hydrogen-bond acceptors (Lipinski definition) is 6. The van der Waals surface area contributed by atoms with E-state index < -0.39 is 12.0 Å². The molecule has 0 radical (unpaired) electrons. The van der Waals surface area contributed by atoms with Gasteiger partial charge in [-0.1, -0.05) is 42.5 Å². The van der Waals surface area contributed by atoms with E-state index in [-0.39, 0.29) is 18.8 Å². The van der Waals surface area contributed by atoms with Crippen molar-refractivity contribution in [1.82, 2.24) is 9.97 Å². The first-order valence-corrected chi connectivity index (χ1v) is 10.7. The number of carbonyl (C=O) groups is 1. The van der Waals surface area contributed by atoms with Crippen LogP contribution in [0, 0.1) is 5.82 Å². The zero-order chi connectivity index (χ0) is 23.0. The van der Waals surface area contributed by atoms with Crippen LogP contribution in [0.25, 0.3) is 11.3 Å². The number of furan rings is 1. The summed E-state index contributed by atoms with van der Waals surface area (Å²) in [5.74, 6) is 0.334. The summed E-state index contributed by atoms with van der Waals surface area (Å²) in [6.07, 6.45) is 3.83. The molecule has 1 atom stereocenters. The van der Waals surface area contributed by atoms with Gasteiger partial charge in [-0.05, 0) is 36.8 Å². The van der Waals surface area contributed by atoms with Crippen LogP contribution in [0.1, 0.15) is 23.9 Å². The van der Waals surface area contributed by atoms with E-state index in [1.807, 2.05) is 36.4 Å². The normalized spacial score (nSPS) is 11.7. The van der Waals surface area contributed by atoms with Crippen molar-refractivity contribution in [3.63, 3.8) is 0 Å². The lowest BCUT2D eigenvalue weighted by atomic mass is 10.1. The van der Waals surface area contributed by atoms with Gasteiger partial charge in [-0.3, -0.25) is 0 Å². The highest BCUT2D eigenvalue weighted by Crippen LogP contribution is 2.23. The molecule has 0 bridgehead atoms. The second kappa shape index (κ2) is 10.5. The largest absolute Gasteiger partial charge is 0.469 e. The van der Waals surface area contributed by atoms with Crippen molar-refractivity contribution in [1.29, 1.82) is 0 Å². The van der Waals surface area contributed by atoms with Crippen molar-refractivity contribution in [2.45, 2.75) is 25.8 Å². The van der Waals surface area contributed by atoms with Crippen LogP contribution in [0.15, 0.2) is 83.6 Å². The molecule has 2 aromatic heterocycles. The first-order chi connectivity index (χ1) is 16.1. The van der Waals surface area contributed by atoms with Gasteiger partial charge in [0.15, 0.2) is 0 Å². The smallest absolute Gasteiger partial charge is 0.329 e. The fourth-order valence-corrected chi connectivity index (χ4v) is 3.49. The van der Waals surface area contributed by atoms with E-state index in [2.05, 4.69) is 10.3 Å². The summed E-state index contributed by atoms with van der Waals surface area (Å²) in [6, 6.07) is 18.9. The molecule has 0 amide bonds. The Bertz CT molecular complexity index is 1200. The van der Waals surface area contributed by atoms with Crippen LogP contribution in [-0.4, -0.2) is 28.6 Å². The van der Waals surface area contributed by atoms with Crippen molar-refractivity contribution in [3.8, 4) is 11.3 Å². The molecule has 1 unspecified atom stereocenters. The zero-order valence-electron chi connectivity index (χ0n) is 18.2. The van der Waals surface area contributed by atoms with Crippen LogP contribution < -0.4 is 5.32 Å². The molecule has 6 nitrogen and oxygen atoms in total. The van der Waals surface area contributed by atoms with Crippen LogP contribution in [0.5, 0.6) is 0 Å². The lowest BCUT2D eigenvalue weighted by molar-refractivity contribution is -0.144. The quantitative estimate of drug-likeness (QED) is 0.363. The van der Waals surface area contributed by atoms with Gasteiger partial charge >= 0.3 is 5.97 Å². The molecule has 4 rings (SSSR count). The van der Waals surface area contributed by atoms with Crippen LogP contribution >= 0.6 is 0 Å². The number of ether oxygens (including phenoxy) is 1. The third-order valence-corrected chi connectivity index (χ3v) is 5.04. The lowest BCUT2D eigenvalue weighted by Gasteiger charge is -2.19. The highest BCUT2D eigenvalue weighted by Gasteiger charge is 2.24. The molecular formula is C26H24FN3O3. The number of nitrogens with one attached hydrogen (secondary N) is 1. The minimum Gasteiger partial charge on any atom is -0.469 e. The Morgan fingerprint density at radius 3 is 2.70 bits per heavy atom. The highest BCUT2D eigenvalue weighted by atomic mass is 19.1. The molecule has 2 aromatic carbocycles. The van der Waals surface area contributed by atoms with Crippen molar-refractivity contribution in [3.05, 3.63) is 102 Å². The van der Waals surface area contributed by atoms with Crippen molar-refractivity contribution < 1.29 is 18.3 Å². The van der Waals surface area contributed by atoms with E-state index in [1.54, 1.807) is 37.6 Å². The van der Waals surface area contributed by atoms with Gasteiger partial charge in [-0.25, -0.2) is 19.2 Å². The van der Waals surface area contributed by atoms with Crippen LogP contribution in [0.2, 0.25) is 0 Å². The van der Waals surface area contributed by atoms with Crippen LogP contribution in [0.3, 0.4) is 0 Å². The minimum absolute atomic E-state index is 0.254. The monoisotopic (exact) mass is 445 g/mol. The number of rotatable bonds is 9. The number of hydrogen-bond donors (Lipinski definition) is 1. The molecule has 0 aliphatic rings. The average Bonchev–Trinajstić information content (AvgIpc) is 3.34. The zero-order valence-corrected chi connectivity index (χ0v) is 18.2.